The molecule has 40 heavy (non-hydrogen) atoms. The van der Waals surface area contributed by atoms with Crippen molar-refractivity contribution in [3.05, 3.63) is 46.2 Å². The molecule has 0 saturated carbocycles. The zero-order valence-electron chi connectivity index (χ0n) is 23.2. The van der Waals surface area contributed by atoms with E-state index in [1.54, 1.807) is 46.8 Å². The second kappa shape index (κ2) is 12.1. The summed E-state index contributed by atoms with van der Waals surface area (Å²) in [6.45, 7) is 11.7. The van der Waals surface area contributed by atoms with Gasteiger partial charge in [-0.2, -0.15) is 0 Å². The maximum Gasteiger partial charge on any atom is 0.413 e. The number of halogens is 3. The molecule has 2 aromatic carbocycles. The third-order valence-corrected chi connectivity index (χ3v) is 7.53. The minimum absolute atomic E-state index is 0.0169. The topological polar surface area (TPSA) is 83.0 Å². The summed E-state index contributed by atoms with van der Waals surface area (Å²) in [7, 11) is 0. The highest BCUT2D eigenvalue weighted by Crippen LogP contribution is 2.39. The van der Waals surface area contributed by atoms with Gasteiger partial charge in [0.2, 0.25) is 0 Å². The van der Waals surface area contributed by atoms with Gasteiger partial charge in [0.1, 0.15) is 33.7 Å². The smallest absolute Gasteiger partial charge is 0.413 e. The summed E-state index contributed by atoms with van der Waals surface area (Å²) in [5.74, 6) is -0.0833. The minimum Gasteiger partial charge on any atom is -0.492 e. The lowest BCUT2D eigenvalue weighted by Gasteiger charge is -2.35. The molecule has 0 aliphatic carbocycles. The molecule has 0 bridgehead atoms. The second-order valence-electron chi connectivity index (χ2n) is 10.7. The van der Waals surface area contributed by atoms with Crippen LogP contribution in [0.5, 0.6) is 11.5 Å². The largest absolute Gasteiger partial charge is 0.492 e. The molecule has 1 saturated heterocycles. The molecule has 2 heterocycles. The van der Waals surface area contributed by atoms with E-state index in [-0.39, 0.29) is 24.0 Å². The van der Waals surface area contributed by atoms with Crippen LogP contribution in [0.15, 0.2) is 30.3 Å². The maximum absolute atomic E-state index is 15.2. The maximum atomic E-state index is 15.2. The molecule has 0 N–H and O–H groups in total. The number of aromatic nitrogens is 2. The Hall–Kier alpha value is -2.66. The van der Waals surface area contributed by atoms with E-state index in [4.69, 9.17) is 42.1 Å². The first-order valence-electron chi connectivity index (χ1n) is 12.8. The Bertz CT molecular complexity index is 1380. The number of hydrogen-bond acceptors (Lipinski definition) is 8. The molecule has 3 aromatic rings. The Morgan fingerprint density at radius 2 is 1.85 bits per heavy atom. The average molecular weight is 613 g/mol. The van der Waals surface area contributed by atoms with Crippen molar-refractivity contribution in [3.63, 3.8) is 0 Å². The van der Waals surface area contributed by atoms with Crippen molar-refractivity contribution in [1.29, 1.82) is 0 Å². The van der Waals surface area contributed by atoms with E-state index in [1.165, 1.54) is 28.4 Å². The van der Waals surface area contributed by atoms with Crippen molar-refractivity contribution in [2.75, 3.05) is 19.8 Å². The van der Waals surface area contributed by atoms with Crippen LogP contribution in [0.4, 0.5) is 9.18 Å². The molecule has 1 fully saturated rings. The van der Waals surface area contributed by atoms with Crippen molar-refractivity contribution in [2.45, 2.75) is 65.3 Å². The van der Waals surface area contributed by atoms with Gasteiger partial charge < -0.3 is 18.9 Å². The van der Waals surface area contributed by atoms with E-state index in [1.807, 2.05) is 13.0 Å². The van der Waals surface area contributed by atoms with Crippen LogP contribution in [0.2, 0.25) is 10.0 Å². The summed E-state index contributed by atoms with van der Waals surface area (Å²) in [4.78, 5) is 14.3. The molecule has 0 spiro atoms. The van der Waals surface area contributed by atoms with Crippen molar-refractivity contribution in [2.24, 2.45) is 0 Å². The third kappa shape index (κ3) is 6.97. The van der Waals surface area contributed by atoms with Crippen molar-refractivity contribution < 1.29 is 28.1 Å². The highest BCUT2D eigenvalue weighted by molar-refractivity contribution is 7.18. The number of carbonyl (C=O) groups excluding carboxylic acids is 1. The summed E-state index contributed by atoms with van der Waals surface area (Å²) in [6, 6.07) is 7.55. The standard InChI is InChI=1S/C28H32Cl2FN3O5S/c1-7-10-36-22-9-8-16(11-20(22)30)24-32-33-25(40-24)18-12-21(31)23(13-19(18)29)37-14-17-15-38-28(5,6)34(17)26(35)39-27(2,3)4/h8-9,11-13,17H,7,10,14-15H2,1-6H3/t17-/m0/s1. The zero-order valence-corrected chi connectivity index (χ0v) is 25.5. The molecular formula is C28H32Cl2FN3O5S. The monoisotopic (exact) mass is 611 g/mol. The molecule has 12 heteroatoms. The first-order chi connectivity index (χ1) is 18.8. The second-order valence-corrected chi connectivity index (χ2v) is 12.5. The third-order valence-electron chi connectivity index (χ3n) is 5.91. The molecule has 4 rings (SSSR count). The van der Waals surface area contributed by atoms with Gasteiger partial charge in [0.05, 0.1) is 29.3 Å². The fraction of sp³-hybridized carbons (Fsp3) is 0.464. The fourth-order valence-corrected chi connectivity index (χ4v) is 5.49. The minimum atomic E-state index is -0.904. The van der Waals surface area contributed by atoms with Crippen LogP contribution in [0.25, 0.3) is 21.1 Å². The molecule has 1 aliphatic rings. The van der Waals surface area contributed by atoms with E-state index in [2.05, 4.69) is 10.2 Å². The lowest BCUT2D eigenvalue weighted by atomic mass is 10.2. The quantitative estimate of drug-likeness (QED) is 0.256. The Morgan fingerprint density at radius 3 is 2.52 bits per heavy atom. The van der Waals surface area contributed by atoms with Gasteiger partial charge in [-0.3, -0.25) is 4.90 Å². The van der Waals surface area contributed by atoms with Crippen LogP contribution in [-0.2, 0) is 9.47 Å². The Kier molecular flexibility index (Phi) is 9.14. The molecule has 0 radical (unpaired) electrons. The Balaban J connectivity index is 1.48. The highest BCUT2D eigenvalue weighted by atomic mass is 35.5. The van der Waals surface area contributed by atoms with Gasteiger partial charge >= 0.3 is 6.09 Å². The van der Waals surface area contributed by atoms with Crippen LogP contribution in [0, 0.1) is 5.82 Å². The van der Waals surface area contributed by atoms with Gasteiger partial charge in [0.25, 0.3) is 0 Å². The molecule has 1 aromatic heterocycles. The molecular weight excluding hydrogens is 580 g/mol. The van der Waals surface area contributed by atoms with Crippen molar-refractivity contribution in [1.82, 2.24) is 15.1 Å². The predicted octanol–water partition coefficient (Wildman–Crippen LogP) is 7.86. The van der Waals surface area contributed by atoms with Gasteiger partial charge in [-0.25, -0.2) is 9.18 Å². The van der Waals surface area contributed by atoms with Crippen molar-refractivity contribution in [3.8, 4) is 32.6 Å². The summed E-state index contributed by atoms with van der Waals surface area (Å²) in [6.07, 6.45) is 0.338. The number of nitrogens with zero attached hydrogens (tertiary/aromatic N) is 3. The van der Waals surface area contributed by atoms with E-state index in [0.29, 0.717) is 33.0 Å². The van der Waals surface area contributed by atoms with Crippen LogP contribution < -0.4 is 9.47 Å². The first-order valence-corrected chi connectivity index (χ1v) is 14.4. The highest BCUT2D eigenvalue weighted by Gasteiger charge is 2.46. The number of benzene rings is 2. The van der Waals surface area contributed by atoms with Crippen LogP contribution in [0.3, 0.4) is 0 Å². The predicted molar refractivity (Wildman–Crippen MR) is 154 cm³/mol. The van der Waals surface area contributed by atoms with E-state index >= 15 is 4.39 Å². The number of amides is 1. The Morgan fingerprint density at radius 1 is 1.12 bits per heavy atom. The van der Waals surface area contributed by atoms with Crippen LogP contribution in [-0.4, -0.2) is 58.4 Å². The van der Waals surface area contributed by atoms with Gasteiger partial charge in [-0.05, 0) is 65.3 Å². The number of hydrogen-bond donors (Lipinski definition) is 0. The summed E-state index contributed by atoms with van der Waals surface area (Å²) >= 11 is 14.1. The SMILES string of the molecule is CCCOc1ccc(-c2nnc(-c3cc(F)c(OC[C@H]4COC(C)(C)N4C(=O)OC(C)(C)C)cc3Cl)s2)cc1Cl. The summed E-state index contributed by atoms with van der Waals surface area (Å²) in [5.41, 5.74) is -0.450. The fourth-order valence-electron chi connectivity index (χ4n) is 4.09. The molecule has 1 aliphatic heterocycles. The van der Waals surface area contributed by atoms with E-state index in [0.717, 1.165) is 12.0 Å². The lowest BCUT2D eigenvalue weighted by molar-refractivity contribution is -0.0637. The molecule has 1 amide bonds. The first kappa shape index (κ1) is 30.3. The van der Waals surface area contributed by atoms with Gasteiger partial charge in [-0.15, -0.1) is 10.2 Å². The Labute approximate surface area is 247 Å². The lowest BCUT2D eigenvalue weighted by Crippen LogP contribution is -2.51. The van der Waals surface area contributed by atoms with Crippen molar-refractivity contribution >= 4 is 40.6 Å². The number of ether oxygens (including phenoxy) is 4. The number of carbonyl (C=O) groups is 1. The normalized spacial score (nSPS) is 16.7. The molecule has 1 atom stereocenters. The van der Waals surface area contributed by atoms with Crippen LogP contribution >= 0.6 is 34.5 Å². The molecule has 8 nitrogen and oxygen atoms in total. The molecule has 216 valence electrons. The van der Waals surface area contributed by atoms with E-state index < -0.39 is 29.3 Å². The molecule has 0 unspecified atom stereocenters. The van der Waals surface area contributed by atoms with Gasteiger partial charge in [-0.1, -0.05) is 41.5 Å². The van der Waals surface area contributed by atoms with Crippen LogP contribution in [0.1, 0.15) is 48.0 Å². The number of rotatable bonds is 8. The van der Waals surface area contributed by atoms with Gasteiger partial charge in [0, 0.05) is 17.2 Å². The summed E-state index contributed by atoms with van der Waals surface area (Å²) in [5, 5.41) is 10.2. The van der Waals surface area contributed by atoms with Gasteiger partial charge in [0.15, 0.2) is 11.6 Å². The van der Waals surface area contributed by atoms with E-state index in [9.17, 15) is 4.79 Å². The summed E-state index contributed by atoms with van der Waals surface area (Å²) < 4.78 is 37.9. The zero-order chi connectivity index (χ0) is 29.2. The average Bonchev–Trinajstić information content (AvgIpc) is 3.46.